The maximum absolute atomic E-state index is 13.4. The molecule has 0 bridgehead atoms. The van der Waals surface area contributed by atoms with Crippen molar-refractivity contribution in [1.29, 1.82) is 0 Å². The first-order valence-electron chi connectivity index (χ1n) is 13.4. The number of aromatic nitrogens is 3. The Kier molecular flexibility index (Phi) is 6.38. The third-order valence-corrected chi connectivity index (χ3v) is 8.67. The highest BCUT2D eigenvalue weighted by Crippen LogP contribution is 2.47. The minimum Gasteiger partial charge on any atom is -0.388 e. The number of hydrogen-bond donors (Lipinski definition) is 2. The number of halogens is 1. The van der Waals surface area contributed by atoms with E-state index in [4.69, 9.17) is 16.3 Å². The molecule has 9 nitrogen and oxygen atoms in total. The van der Waals surface area contributed by atoms with Gasteiger partial charge in [0.25, 0.3) is 5.56 Å². The van der Waals surface area contributed by atoms with Gasteiger partial charge in [-0.2, -0.15) is 0 Å². The molecule has 2 aromatic heterocycles. The molecule has 0 unspecified atom stereocenters. The normalized spacial score (nSPS) is 24.5. The van der Waals surface area contributed by atoms with Gasteiger partial charge in [0.2, 0.25) is 5.91 Å². The third-order valence-electron chi connectivity index (χ3n) is 8.39. The van der Waals surface area contributed by atoms with Gasteiger partial charge in [0, 0.05) is 30.2 Å². The summed E-state index contributed by atoms with van der Waals surface area (Å²) in [6, 6.07) is 10.1. The minimum absolute atomic E-state index is 0.125. The van der Waals surface area contributed by atoms with E-state index in [1.54, 1.807) is 10.6 Å². The molecule has 1 saturated carbocycles. The average molecular weight is 540 g/mol. The van der Waals surface area contributed by atoms with Gasteiger partial charge in [-0.3, -0.25) is 18.7 Å². The molecule has 3 aliphatic rings. The van der Waals surface area contributed by atoms with E-state index in [2.05, 4.69) is 17.2 Å². The van der Waals surface area contributed by atoms with Gasteiger partial charge in [0.05, 0.1) is 36.8 Å². The molecule has 1 aliphatic carbocycles. The van der Waals surface area contributed by atoms with Crippen LogP contribution in [0.3, 0.4) is 0 Å². The average Bonchev–Trinajstić information content (AvgIpc) is 3.57. The first kappa shape index (κ1) is 25.6. The number of benzene rings is 1. The van der Waals surface area contributed by atoms with E-state index in [0.29, 0.717) is 61.4 Å². The van der Waals surface area contributed by atoms with E-state index >= 15 is 0 Å². The number of carbonyl (C=O) groups is 1. The number of carbonyl (C=O) groups excluding carboxylic acids is 1. The van der Waals surface area contributed by atoms with Gasteiger partial charge >= 0.3 is 0 Å². The number of rotatable bonds is 5. The van der Waals surface area contributed by atoms with Gasteiger partial charge in [0.15, 0.2) is 5.65 Å². The summed E-state index contributed by atoms with van der Waals surface area (Å²) in [5.74, 6) is 0.182. The number of ether oxygens (including phenoxy) is 1. The highest BCUT2D eigenvalue weighted by molar-refractivity contribution is 6.31. The highest BCUT2D eigenvalue weighted by atomic mass is 35.5. The second-order valence-corrected chi connectivity index (χ2v) is 11.9. The molecule has 202 valence electrons. The summed E-state index contributed by atoms with van der Waals surface area (Å²) in [6.07, 6.45) is 4.20. The standard InChI is InChI=1S/C28H34ClN5O4/c1-18-14-38-15-22(31-18)19-3-5-20(6-4-19)34-23(29)13-21-24(34)30-17-33(25(21)35)16-28(37)9-11-32(12-10-28)26(36)27(2)7-8-27/h3-6,13,17-18,22,31,37H,7-12,14-16H2,1-2H3/t18-,22-/m1/s1. The number of morpholine rings is 1. The van der Waals surface area contributed by atoms with Crippen LogP contribution >= 0.6 is 11.6 Å². The number of aliphatic hydroxyl groups is 1. The topological polar surface area (TPSA) is 102 Å². The summed E-state index contributed by atoms with van der Waals surface area (Å²) in [5, 5.41) is 15.6. The molecule has 1 aromatic carbocycles. The van der Waals surface area contributed by atoms with Crippen molar-refractivity contribution in [3.05, 3.63) is 57.7 Å². The molecule has 10 heteroatoms. The maximum Gasteiger partial charge on any atom is 0.262 e. The fourth-order valence-corrected chi connectivity index (χ4v) is 5.97. The van der Waals surface area contributed by atoms with Crippen molar-refractivity contribution in [2.45, 2.75) is 63.8 Å². The molecule has 4 heterocycles. The van der Waals surface area contributed by atoms with E-state index in [0.717, 1.165) is 24.1 Å². The Balaban J connectivity index is 1.20. The summed E-state index contributed by atoms with van der Waals surface area (Å²) in [4.78, 5) is 32.5. The molecule has 3 aromatic rings. The lowest BCUT2D eigenvalue weighted by atomic mass is 9.90. The van der Waals surface area contributed by atoms with E-state index in [9.17, 15) is 14.7 Å². The van der Waals surface area contributed by atoms with Crippen LogP contribution in [0.1, 0.15) is 51.1 Å². The van der Waals surface area contributed by atoms with Crippen LogP contribution in [-0.4, -0.2) is 68.0 Å². The Bertz CT molecular complexity index is 1420. The van der Waals surface area contributed by atoms with Gasteiger partial charge in [-0.15, -0.1) is 0 Å². The van der Waals surface area contributed by atoms with Crippen LogP contribution in [0, 0.1) is 5.41 Å². The Morgan fingerprint density at radius 3 is 2.55 bits per heavy atom. The Morgan fingerprint density at radius 2 is 1.89 bits per heavy atom. The van der Waals surface area contributed by atoms with Gasteiger partial charge in [-0.05, 0) is 56.4 Å². The molecule has 0 radical (unpaired) electrons. The molecule has 2 N–H and O–H groups in total. The minimum atomic E-state index is -1.07. The lowest BCUT2D eigenvalue weighted by molar-refractivity contribution is -0.141. The smallest absolute Gasteiger partial charge is 0.262 e. The lowest BCUT2D eigenvalue weighted by Gasteiger charge is -2.39. The zero-order valence-electron chi connectivity index (χ0n) is 21.8. The number of likely N-dealkylation sites (tertiary alicyclic amines) is 1. The fourth-order valence-electron chi connectivity index (χ4n) is 5.68. The van der Waals surface area contributed by atoms with Gasteiger partial charge in [0.1, 0.15) is 11.5 Å². The quantitative estimate of drug-likeness (QED) is 0.517. The first-order valence-corrected chi connectivity index (χ1v) is 13.8. The summed E-state index contributed by atoms with van der Waals surface area (Å²) >= 11 is 6.60. The molecular weight excluding hydrogens is 506 g/mol. The van der Waals surface area contributed by atoms with Gasteiger partial charge < -0.3 is 20.1 Å². The van der Waals surface area contributed by atoms with Crippen LogP contribution in [0.25, 0.3) is 16.7 Å². The molecule has 1 amide bonds. The fraction of sp³-hybridized carbons (Fsp3) is 0.536. The van der Waals surface area contributed by atoms with Crippen molar-refractivity contribution in [3.63, 3.8) is 0 Å². The summed E-state index contributed by atoms with van der Waals surface area (Å²) in [7, 11) is 0. The van der Waals surface area contributed by atoms with Crippen molar-refractivity contribution in [2.75, 3.05) is 26.3 Å². The van der Waals surface area contributed by atoms with Gasteiger partial charge in [-0.1, -0.05) is 30.7 Å². The summed E-state index contributed by atoms with van der Waals surface area (Å²) in [6.45, 7) is 6.55. The van der Waals surface area contributed by atoms with Crippen LogP contribution in [0.2, 0.25) is 5.15 Å². The number of fused-ring (bicyclic) bond motifs is 1. The molecular formula is C28H34ClN5O4. The van der Waals surface area contributed by atoms with Crippen molar-refractivity contribution >= 4 is 28.5 Å². The summed E-state index contributed by atoms with van der Waals surface area (Å²) < 4.78 is 8.90. The second kappa shape index (κ2) is 9.48. The SMILES string of the molecule is C[C@@H]1COC[C@H](c2ccc(-n3c(Cl)cc4c(=O)n(CC5(O)CCN(C(=O)C6(C)CC6)CC5)cnc43)cc2)N1. The van der Waals surface area contributed by atoms with Crippen molar-refractivity contribution in [2.24, 2.45) is 5.41 Å². The van der Waals surface area contributed by atoms with Crippen molar-refractivity contribution in [1.82, 2.24) is 24.3 Å². The lowest BCUT2D eigenvalue weighted by Crippen LogP contribution is -2.51. The molecule has 2 saturated heterocycles. The third kappa shape index (κ3) is 4.66. The highest BCUT2D eigenvalue weighted by Gasteiger charge is 2.48. The largest absolute Gasteiger partial charge is 0.388 e. The number of nitrogens with zero attached hydrogens (tertiary/aromatic N) is 4. The predicted molar refractivity (Wildman–Crippen MR) is 145 cm³/mol. The molecule has 38 heavy (non-hydrogen) atoms. The van der Waals surface area contributed by atoms with Crippen LogP contribution in [-0.2, 0) is 16.1 Å². The number of amides is 1. The maximum atomic E-state index is 13.4. The van der Waals surface area contributed by atoms with Crippen LogP contribution in [0.4, 0.5) is 0 Å². The van der Waals surface area contributed by atoms with Crippen LogP contribution in [0.15, 0.2) is 41.5 Å². The zero-order valence-corrected chi connectivity index (χ0v) is 22.6. The van der Waals surface area contributed by atoms with Gasteiger partial charge in [-0.25, -0.2) is 4.98 Å². The molecule has 2 atom stereocenters. The molecule has 2 aliphatic heterocycles. The van der Waals surface area contributed by atoms with E-state index in [-0.39, 0.29) is 29.5 Å². The second-order valence-electron chi connectivity index (χ2n) is 11.5. The van der Waals surface area contributed by atoms with Crippen molar-refractivity contribution < 1.29 is 14.6 Å². The Hall–Kier alpha value is -2.72. The van der Waals surface area contributed by atoms with Crippen LogP contribution in [0.5, 0.6) is 0 Å². The first-order chi connectivity index (χ1) is 18.2. The monoisotopic (exact) mass is 539 g/mol. The number of nitrogens with one attached hydrogen (secondary N) is 1. The van der Waals surface area contributed by atoms with Crippen molar-refractivity contribution in [3.8, 4) is 5.69 Å². The van der Waals surface area contributed by atoms with E-state index < -0.39 is 5.60 Å². The molecule has 6 rings (SSSR count). The molecule has 0 spiro atoms. The van der Waals surface area contributed by atoms with Crippen LogP contribution < -0.4 is 10.9 Å². The number of piperidine rings is 1. The van der Waals surface area contributed by atoms with E-state index in [1.807, 2.05) is 36.1 Å². The zero-order chi connectivity index (χ0) is 26.7. The Morgan fingerprint density at radius 1 is 1.18 bits per heavy atom. The predicted octanol–water partition coefficient (Wildman–Crippen LogP) is 3.04. The van der Waals surface area contributed by atoms with E-state index in [1.165, 1.54) is 10.9 Å². The number of hydrogen-bond acceptors (Lipinski definition) is 6. The molecule has 3 fully saturated rings. The Labute approximate surface area is 226 Å². The summed E-state index contributed by atoms with van der Waals surface area (Å²) in [5.41, 5.74) is 0.868.